The Hall–Kier alpha value is -1.13. The molecule has 3 nitrogen and oxygen atoms in total. The monoisotopic (exact) mass is 284 g/mol. The molecule has 104 valence electrons. The second-order valence-electron chi connectivity index (χ2n) is 5.23. The summed E-state index contributed by atoms with van der Waals surface area (Å²) in [5.74, 6) is -0.575. The number of carbonyl (C=O) groups is 1. The minimum atomic E-state index is -0.539. The molecule has 19 heavy (non-hydrogen) atoms. The lowest BCUT2D eigenvalue weighted by Crippen LogP contribution is -2.49. The maximum Gasteiger partial charge on any atom is 0.254 e. The van der Waals surface area contributed by atoms with E-state index in [1.54, 1.807) is 0 Å². The van der Waals surface area contributed by atoms with E-state index in [-0.39, 0.29) is 17.5 Å². The van der Waals surface area contributed by atoms with Crippen LogP contribution in [0, 0.1) is 11.7 Å². The largest absolute Gasteiger partial charge is 0.349 e. The smallest absolute Gasteiger partial charge is 0.254 e. The molecule has 2 rings (SSSR count). The molecule has 0 spiro atoms. The predicted molar refractivity (Wildman–Crippen MR) is 73.9 cm³/mol. The van der Waals surface area contributed by atoms with E-state index in [2.05, 4.69) is 24.2 Å². The van der Waals surface area contributed by atoms with Crippen LogP contribution in [0.2, 0.25) is 5.02 Å². The van der Waals surface area contributed by atoms with Gasteiger partial charge in [0.05, 0.1) is 5.56 Å². The topological polar surface area (TPSA) is 32.3 Å². The average molecular weight is 285 g/mol. The minimum absolute atomic E-state index is 0.0126. The van der Waals surface area contributed by atoms with Gasteiger partial charge in [0.25, 0.3) is 5.91 Å². The summed E-state index contributed by atoms with van der Waals surface area (Å²) in [6.45, 7) is 3.96. The summed E-state index contributed by atoms with van der Waals surface area (Å²) in [6, 6.07) is 4.11. The van der Waals surface area contributed by atoms with Crippen LogP contribution in [0.4, 0.5) is 4.39 Å². The maximum atomic E-state index is 13.6. The zero-order valence-corrected chi connectivity index (χ0v) is 11.9. The third kappa shape index (κ3) is 3.45. The van der Waals surface area contributed by atoms with E-state index in [1.165, 1.54) is 18.2 Å². The zero-order chi connectivity index (χ0) is 14.0. The molecule has 1 aliphatic rings. The number of halogens is 2. The fourth-order valence-electron chi connectivity index (χ4n) is 2.49. The molecule has 1 amide bonds. The number of nitrogens with zero attached hydrogens (tertiary/aromatic N) is 1. The van der Waals surface area contributed by atoms with Crippen LogP contribution in [-0.4, -0.2) is 37.0 Å². The summed E-state index contributed by atoms with van der Waals surface area (Å²) in [7, 11) is 2.06. The molecule has 2 unspecified atom stereocenters. The van der Waals surface area contributed by atoms with E-state index in [1.807, 2.05) is 0 Å². The highest BCUT2D eigenvalue weighted by atomic mass is 35.5. The van der Waals surface area contributed by atoms with Crippen molar-refractivity contribution in [2.75, 3.05) is 20.1 Å². The van der Waals surface area contributed by atoms with Crippen molar-refractivity contribution >= 4 is 17.5 Å². The Balaban J connectivity index is 2.06. The van der Waals surface area contributed by atoms with Crippen molar-refractivity contribution in [2.45, 2.75) is 19.4 Å². The molecule has 0 saturated carbocycles. The van der Waals surface area contributed by atoms with Gasteiger partial charge in [0, 0.05) is 17.6 Å². The summed E-state index contributed by atoms with van der Waals surface area (Å²) >= 11 is 5.80. The maximum absolute atomic E-state index is 13.6. The number of piperidine rings is 1. The van der Waals surface area contributed by atoms with Crippen LogP contribution in [0.25, 0.3) is 0 Å². The third-order valence-corrected chi connectivity index (χ3v) is 3.83. The molecule has 0 aromatic heterocycles. The number of rotatable bonds is 2. The van der Waals surface area contributed by atoms with Crippen molar-refractivity contribution in [1.82, 2.24) is 10.2 Å². The predicted octanol–water partition coefficient (Wildman–Crippen LogP) is 2.55. The van der Waals surface area contributed by atoms with Gasteiger partial charge in [0.2, 0.25) is 0 Å². The molecule has 1 saturated heterocycles. The molecule has 1 N–H and O–H groups in total. The van der Waals surface area contributed by atoms with E-state index in [0.717, 1.165) is 19.5 Å². The van der Waals surface area contributed by atoms with Crippen molar-refractivity contribution in [3.8, 4) is 0 Å². The first-order chi connectivity index (χ1) is 8.97. The van der Waals surface area contributed by atoms with Crippen LogP contribution in [0.3, 0.4) is 0 Å². The van der Waals surface area contributed by atoms with E-state index in [9.17, 15) is 9.18 Å². The standard InChI is InChI=1S/C14H18ClFN2O/c1-9-8-18(2)6-5-13(9)17-14(19)11-7-10(15)3-4-12(11)16/h3-4,7,9,13H,5-6,8H2,1-2H3,(H,17,19). The molecule has 1 heterocycles. The van der Waals surface area contributed by atoms with Gasteiger partial charge >= 0.3 is 0 Å². The third-order valence-electron chi connectivity index (χ3n) is 3.60. The van der Waals surface area contributed by atoms with Gasteiger partial charge in [0.15, 0.2) is 0 Å². The Morgan fingerprint density at radius 1 is 1.53 bits per heavy atom. The van der Waals surface area contributed by atoms with Gasteiger partial charge in [-0.1, -0.05) is 18.5 Å². The van der Waals surface area contributed by atoms with Gasteiger partial charge in [-0.3, -0.25) is 4.79 Å². The molecule has 1 aromatic rings. The SMILES string of the molecule is CC1CN(C)CCC1NC(=O)c1cc(Cl)ccc1F. The zero-order valence-electron chi connectivity index (χ0n) is 11.1. The normalized spacial score (nSPS) is 24.2. The number of carbonyl (C=O) groups excluding carboxylic acids is 1. The molecule has 1 fully saturated rings. The lowest BCUT2D eigenvalue weighted by molar-refractivity contribution is 0.0880. The summed E-state index contributed by atoms with van der Waals surface area (Å²) < 4.78 is 13.6. The van der Waals surface area contributed by atoms with E-state index in [4.69, 9.17) is 11.6 Å². The molecule has 0 bridgehead atoms. The van der Waals surface area contributed by atoms with Gasteiger partial charge in [-0.15, -0.1) is 0 Å². The summed E-state index contributed by atoms with van der Waals surface area (Å²) in [4.78, 5) is 14.3. The molecule has 1 aromatic carbocycles. The Morgan fingerprint density at radius 2 is 2.26 bits per heavy atom. The number of benzene rings is 1. The van der Waals surface area contributed by atoms with Crippen molar-refractivity contribution in [1.29, 1.82) is 0 Å². The van der Waals surface area contributed by atoms with Crippen molar-refractivity contribution in [3.05, 3.63) is 34.6 Å². The van der Waals surface area contributed by atoms with Crippen LogP contribution in [0.5, 0.6) is 0 Å². The molecular weight excluding hydrogens is 267 g/mol. The fourth-order valence-corrected chi connectivity index (χ4v) is 2.66. The second kappa shape index (κ2) is 5.88. The van der Waals surface area contributed by atoms with Crippen LogP contribution >= 0.6 is 11.6 Å². The lowest BCUT2D eigenvalue weighted by atomic mass is 9.94. The molecule has 0 aliphatic carbocycles. The average Bonchev–Trinajstić information content (AvgIpc) is 2.35. The molecule has 2 atom stereocenters. The van der Waals surface area contributed by atoms with Crippen LogP contribution < -0.4 is 5.32 Å². The first-order valence-electron chi connectivity index (χ1n) is 6.42. The summed E-state index contributed by atoms with van der Waals surface area (Å²) in [5, 5.41) is 3.27. The summed E-state index contributed by atoms with van der Waals surface area (Å²) in [5.41, 5.74) is 0.0126. The number of nitrogens with one attached hydrogen (secondary N) is 1. The second-order valence-corrected chi connectivity index (χ2v) is 5.67. The number of hydrogen-bond acceptors (Lipinski definition) is 2. The van der Waals surface area contributed by atoms with E-state index in [0.29, 0.717) is 10.9 Å². The lowest BCUT2D eigenvalue weighted by Gasteiger charge is -2.35. The van der Waals surface area contributed by atoms with E-state index >= 15 is 0 Å². The number of hydrogen-bond donors (Lipinski definition) is 1. The van der Waals surface area contributed by atoms with Crippen LogP contribution in [-0.2, 0) is 0 Å². The first kappa shape index (κ1) is 14.3. The van der Waals surface area contributed by atoms with Crippen LogP contribution in [0.1, 0.15) is 23.7 Å². The van der Waals surface area contributed by atoms with E-state index < -0.39 is 5.82 Å². The highest BCUT2D eigenvalue weighted by molar-refractivity contribution is 6.31. The van der Waals surface area contributed by atoms with Gasteiger partial charge in [-0.2, -0.15) is 0 Å². The van der Waals surface area contributed by atoms with Gasteiger partial charge < -0.3 is 10.2 Å². The fraction of sp³-hybridized carbons (Fsp3) is 0.500. The quantitative estimate of drug-likeness (QED) is 0.905. The Bertz CT molecular complexity index is 481. The van der Waals surface area contributed by atoms with Gasteiger partial charge in [-0.25, -0.2) is 4.39 Å². The molecule has 5 heteroatoms. The van der Waals surface area contributed by atoms with Crippen molar-refractivity contribution < 1.29 is 9.18 Å². The number of amides is 1. The molecule has 0 radical (unpaired) electrons. The molecule has 1 aliphatic heterocycles. The first-order valence-corrected chi connectivity index (χ1v) is 6.79. The van der Waals surface area contributed by atoms with Crippen LogP contribution in [0.15, 0.2) is 18.2 Å². The van der Waals surface area contributed by atoms with Gasteiger partial charge in [0.1, 0.15) is 5.82 Å². The highest BCUT2D eigenvalue weighted by Gasteiger charge is 2.26. The number of likely N-dealkylation sites (tertiary alicyclic amines) is 1. The molecular formula is C14H18ClFN2O. The van der Waals surface area contributed by atoms with Crippen molar-refractivity contribution in [3.63, 3.8) is 0 Å². The summed E-state index contributed by atoms with van der Waals surface area (Å²) in [6.07, 6.45) is 0.881. The minimum Gasteiger partial charge on any atom is -0.349 e. The Morgan fingerprint density at radius 3 is 2.95 bits per heavy atom. The Kier molecular flexibility index (Phi) is 4.42. The van der Waals surface area contributed by atoms with Gasteiger partial charge in [-0.05, 0) is 44.1 Å². The highest BCUT2D eigenvalue weighted by Crippen LogP contribution is 2.18. The van der Waals surface area contributed by atoms with Crippen molar-refractivity contribution in [2.24, 2.45) is 5.92 Å². The Labute approximate surface area is 117 Å².